The second-order valence-corrected chi connectivity index (χ2v) is 10.8. The van der Waals surface area contributed by atoms with Gasteiger partial charge in [-0.3, -0.25) is 9.59 Å². The Kier molecular flexibility index (Phi) is 11.1. The monoisotopic (exact) mass is 475 g/mol. The minimum Gasteiger partial charge on any atom is -0.444 e. The summed E-state index contributed by atoms with van der Waals surface area (Å²) in [5.74, 6) is -0.367. The van der Waals surface area contributed by atoms with Crippen LogP contribution in [-0.4, -0.2) is 47.0 Å². The Balaban J connectivity index is 3.49. The van der Waals surface area contributed by atoms with Crippen LogP contribution in [-0.2, 0) is 14.3 Å². The fourth-order valence-corrected chi connectivity index (χ4v) is 3.82. The SMILES string of the molecule is CCCN(C(=O)C(CC(C)C)NC(=O)OC(C)(C)C)C(C(=O)NC(C)C)c1cc(C)ccc1C. The van der Waals surface area contributed by atoms with E-state index in [-0.39, 0.29) is 23.8 Å². The fourth-order valence-electron chi connectivity index (χ4n) is 3.82. The van der Waals surface area contributed by atoms with E-state index in [1.807, 2.05) is 66.7 Å². The van der Waals surface area contributed by atoms with E-state index in [1.54, 1.807) is 25.7 Å². The first-order valence-corrected chi connectivity index (χ1v) is 12.3. The average Bonchev–Trinajstić information content (AvgIpc) is 2.66. The van der Waals surface area contributed by atoms with Gasteiger partial charge in [-0.2, -0.15) is 0 Å². The summed E-state index contributed by atoms with van der Waals surface area (Å²) in [6.07, 6.45) is 0.463. The lowest BCUT2D eigenvalue weighted by atomic mass is 9.95. The first kappa shape index (κ1) is 29.5. The molecule has 0 aliphatic carbocycles. The number of amides is 3. The molecule has 0 radical (unpaired) electrons. The molecule has 192 valence electrons. The van der Waals surface area contributed by atoms with Crippen molar-refractivity contribution in [3.05, 3.63) is 34.9 Å². The van der Waals surface area contributed by atoms with Gasteiger partial charge in [0.1, 0.15) is 17.7 Å². The molecule has 7 nitrogen and oxygen atoms in total. The van der Waals surface area contributed by atoms with Gasteiger partial charge in [-0.1, -0.05) is 44.5 Å². The number of carbonyl (C=O) groups excluding carboxylic acids is 3. The maximum atomic E-state index is 13.9. The highest BCUT2D eigenvalue weighted by molar-refractivity contribution is 5.92. The molecule has 0 bridgehead atoms. The molecule has 7 heteroatoms. The normalized spacial score (nSPS) is 13.4. The summed E-state index contributed by atoms with van der Waals surface area (Å²) < 4.78 is 5.42. The zero-order valence-electron chi connectivity index (χ0n) is 22.7. The number of nitrogens with one attached hydrogen (secondary N) is 2. The van der Waals surface area contributed by atoms with Gasteiger partial charge in [0.25, 0.3) is 0 Å². The molecule has 0 heterocycles. The zero-order valence-corrected chi connectivity index (χ0v) is 22.7. The molecule has 2 atom stereocenters. The minimum atomic E-state index is -0.805. The van der Waals surface area contributed by atoms with E-state index >= 15 is 0 Å². The number of hydrogen-bond acceptors (Lipinski definition) is 4. The average molecular weight is 476 g/mol. The van der Waals surface area contributed by atoms with E-state index in [9.17, 15) is 14.4 Å². The second-order valence-electron chi connectivity index (χ2n) is 10.8. The van der Waals surface area contributed by atoms with Crippen LogP contribution in [0.2, 0.25) is 0 Å². The van der Waals surface area contributed by atoms with Crippen LogP contribution in [0.25, 0.3) is 0 Å². The van der Waals surface area contributed by atoms with Gasteiger partial charge in [-0.05, 0) is 78.4 Å². The topological polar surface area (TPSA) is 87.7 Å². The molecule has 0 saturated carbocycles. The summed E-state index contributed by atoms with van der Waals surface area (Å²) in [6, 6.07) is 4.25. The lowest BCUT2D eigenvalue weighted by Crippen LogP contribution is -2.54. The van der Waals surface area contributed by atoms with Gasteiger partial charge in [0.05, 0.1) is 0 Å². The Morgan fingerprint density at radius 2 is 1.65 bits per heavy atom. The van der Waals surface area contributed by atoms with Gasteiger partial charge in [-0.15, -0.1) is 0 Å². The summed E-state index contributed by atoms with van der Waals surface area (Å²) in [7, 11) is 0. The molecule has 0 fully saturated rings. The van der Waals surface area contributed by atoms with Crippen molar-refractivity contribution in [2.24, 2.45) is 5.92 Å². The molecule has 2 unspecified atom stereocenters. The number of hydrogen-bond donors (Lipinski definition) is 2. The summed E-state index contributed by atoms with van der Waals surface area (Å²) in [6.45, 7) is 19.4. The van der Waals surface area contributed by atoms with Gasteiger partial charge in [0.15, 0.2) is 0 Å². The number of carbonyl (C=O) groups is 3. The van der Waals surface area contributed by atoms with Crippen LogP contribution in [0.4, 0.5) is 4.79 Å². The molecule has 0 aliphatic rings. The van der Waals surface area contributed by atoms with E-state index in [1.165, 1.54) is 0 Å². The van der Waals surface area contributed by atoms with Crippen LogP contribution >= 0.6 is 0 Å². The summed E-state index contributed by atoms with van der Waals surface area (Å²) >= 11 is 0. The standard InChI is InChI=1S/C27H45N3O4/c1-11-14-30(25(32)22(15-17(2)3)29-26(33)34-27(8,9)10)23(24(31)28-18(4)5)21-16-19(6)12-13-20(21)7/h12-13,16-18,22-23H,11,14-15H2,1-10H3,(H,28,31)(H,29,33). The van der Waals surface area contributed by atoms with Gasteiger partial charge in [0, 0.05) is 12.6 Å². The largest absolute Gasteiger partial charge is 0.444 e. The lowest BCUT2D eigenvalue weighted by molar-refractivity contribution is -0.143. The number of rotatable bonds is 10. The van der Waals surface area contributed by atoms with Crippen molar-refractivity contribution in [3.63, 3.8) is 0 Å². The highest BCUT2D eigenvalue weighted by Gasteiger charge is 2.37. The van der Waals surface area contributed by atoms with E-state index in [0.29, 0.717) is 19.4 Å². The Hall–Kier alpha value is -2.57. The first-order chi connectivity index (χ1) is 15.7. The van der Waals surface area contributed by atoms with Crippen molar-refractivity contribution in [1.82, 2.24) is 15.5 Å². The lowest BCUT2D eigenvalue weighted by Gasteiger charge is -2.35. The quantitative estimate of drug-likeness (QED) is 0.496. The van der Waals surface area contributed by atoms with Crippen molar-refractivity contribution in [2.75, 3.05) is 6.54 Å². The van der Waals surface area contributed by atoms with E-state index in [2.05, 4.69) is 10.6 Å². The molecule has 0 aromatic heterocycles. The van der Waals surface area contributed by atoms with Gasteiger partial charge >= 0.3 is 6.09 Å². The van der Waals surface area contributed by atoms with Crippen LogP contribution in [0.3, 0.4) is 0 Å². The summed E-state index contributed by atoms with van der Waals surface area (Å²) in [4.78, 5) is 41.6. The predicted molar refractivity (Wildman–Crippen MR) is 137 cm³/mol. The minimum absolute atomic E-state index is 0.0787. The predicted octanol–water partition coefficient (Wildman–Crippen LogP) is 5.05. The third-order valence-electron chi connectivity index (χ3n) is 5.16. The van der Waals surface area contributed by atoms with E-state index in [4.69, 9.17) is 4.74 Å². The molecule has 34 heavy (non-hydrogen) atoms. The molecule has 1 aromatic rings. The van der Waals surface area contributed by atoms with Crippen molar-refractivity contribution >= 4 is 17.9 Å². The van der Waals surface area contributed by atoms with Crippen molar-refractivity contribution in [2.45, 2.75) is 106 Å². The maximum Gasteiger partial charge on any atom is 0.408 e. The molecule has 0 saturated heterocycles. The Morgan fingerprint density at radius 3 is 2.15 bits per heavy atom. The van der Waals surface area contributed by atoms with Gasteiger partial charge < -0.3 is 20.3 Å². The first-order valence-electron chi connectivity index (χ1n) is 12.3. The maximum absolute atomic E-state index is 13.9. The number of nitrogens with zero attached hydrogens (tertiary/aromatic N) is 1. The molecular formula is C27H45N3O4. The van der Waals surface area contributed by atoms with Crippen LogP contribution in [0.15, 0.2) is 18.2 Å². The molecule has 0 aliphatic heterocycles. The van der Waals surface area contributed by atoms with Gasteiger partial charge in [-0.25, -0.2) is 4.79 Å². The molecule has 0 spiro atoms. The highest BCUT2D eigenvalue weighted by Crippen LogP contribution is 2.28. The van der Waals surface area contributed by atoms with Crippen molar-refractivity contribution < 1.29 is 19.1 Å². The Bertz CT molecular complexity index is 843. The molecular weight excluding hydrogens is 430 g/mol. The molecule has 1 rings (SSSR count). The van der Waals surface area contributed by atoms with E-state index in [0.717, 1.165) is 16.7 Å². The van der Waals surface area contributed by atoms with Crippen molar-refractivity contribution in [3.8, 4) is 0 Å². The Morgan fingerprint density at radius 1 is 1.03 bits per heavy atom. The van der Waals surface area contributed by atoms with Crippen LogP contribution < -0.4 is 10.6 Å². The summed E-state index contributed by atoms with van der Waals surface area (Å²) in [5, 5.41) is 5.76. The number of alkyl carbamates (subject to hydrolysis) is 1. The smallest absolute Gasteiger partial charge is 0.408 e. The number of ether oxygens (including phenoxy) is 1. The van der Waals surface area contributed by atoms with E-state index < -0.39 is 23.8 Å². The molecule has 3 amide bonds. The van der Waals surface area contributed by atoms with Gasteiger partial charge in [0.2, 0.25) is 11.8 Å². The number of aryl methyl sites for hydroxylation is 2. The highest BCUT2D eigenvalue weighted by atomic mass is 16.6. The number of benzene rings is 1. The third-order valence-corrected chi connectivity index (χ3v) is 5.16. The zero-order chi connectivity index (χ0) is 26.2. The third kappa shape index (κ3) is 9.35. The molecule has 2 N–H and O–H groups in total. The Labute approximate surface area is 206 Å². The van der Waals surface area contributed by atoms with Crippen LogP contribution in [0, 0.1) is 19.8 Å². The van der Waals surface area contributed by atoms with Crippen LogP contribution in [0.5, 0.6) is 0 Å². The fraction of sp³-hybridized carbons (Fsp3) is 0.667. The molecule has 1 aromatic carbocycles. The van der Waals surface area contributed by atoms with Crippen molar-refractivity contribution in [1.29, 1.82) is 0 Å². The summed E-state index contributed by atoms with van der Waals surface area (Å²) in [5.41, 5.74) is 2.05. The second kappa shape index (κ2) is 12.8. The van der Waals surface area contributed by atoms with Crippen LogP contribution in [0.1, 0.15) is 91.0 Å².